The molecule has 2 N–H and O–H groups in total. The first-order valence-corrected chi connectivity index (χ1v) is 6.54. The van der Waals surface area contributed by atoms with Crippen molar-refractivity contribution in [1.29, 1.82) is 0 Å². The van der Waals surface area contributed by atoms with Crippen LogP contribution in [0.2, 0.25) is 0 Å². The first kappa shape index (κ1) is 11.4. The largest absolute Gasteiger partial charge is 0.375 e. The standard InChI is InChI=1S/C13H25NO/c1-9-5-10(2)7-13(6-9)15-12-4-3-11(14)8-12/h9-13H,3-8,14H2,1-2H3. The monoisotopic (exact) mass is 211 g/mol. The van der Waals surface area contributed by atoms with Crippen molar-refractivity contribution in [2.24, 2.45) is 17.6 Å². The highest BCUT2D eigenvalue weighted by Crippen LogP contribution is 2.33. The Hall–Kier alpha value is -0.0800. The second-order valence-electron chi connectivity index (χ2n) is 5.87. The van der Waals surface area contributed by atoms with E-state index in [0.717, 1.165) is 24.7 Å². The van der Waals surface area contributed by atoms with Gasteiger partial charge in [-0.05, 0) is 50.4 Å². The SMILES string of the molecule is CC1CC(C)CC(OC2CCC(N)C2)C1. The molecule has 2 nitrogen and oxygen atoms in total. The number of hydrogen-bond acceptors (Lipinski definition) is 2. The number of hydrogen-bond donors (Lipinski definition) is 1. The fourth-order valence-electron chi connectivity index (χ4n) is 3.35. The van der Waals surface area contributed by atoms with Crippen molar-refractivity contribution < 1.29 is 4.74 Å². The Morgan fingerprint density at radius 2 is 1.53 bits per heavy atom. The molecule has 2 aliphatic carbocycles. The van der Waals surface area contributed by atoms with Crippen molar-refractivity contribution in [2.75, 3.05) is 0 Å². The van der Waals surface area contributed by atoms with E-state index in [1.165, 1.54) is 25.7 Å². The minimum Gasteiger partial charge on any atom is -0.375 e. The van der Waals surface area contributed by atoms with Gasteiger partial charge in [0.1, 0.15) is 0 Å². The minimum atomic E-state index is 0.397. The Bertz CT molecular complexity index is 197. The van der Waals surface area contributed by atoms with Crippen LogP contribution in [-0.4, -0.2) is 18.2 Å². The molecule has 4 atom stereocenters. The van der Waals surface area contributed by atoms with E-state index >= 15 is 0 Å². The highest BCUT2D eigenvalue weighted by molar-refractivity contribution is 4.82. The number of rotatable bonds is 2. The molecule has 4 unspecified atom stereocenters. The summed E-state index contributed by atoms with van der Waals surface area (Å²) >= 11 is 0. The lowest BCUT2D eigenvalue weighted by Crippen LogP contribution is -2.30. The van der Waals surface area contributed by atoms with Gasteiger partial charge in [-0.2, -0.15) is 0 Å². The molecule has 2 saturated carbocycles. The summed E-state index contributed by atoms with van der Waals surface area (Å²) in [6.45, 7) is 4.71. The fraction of sp³-hybridized carbons (Fsp3) is 1.00. The molecule has 0 aromatic heterocycles. The Labute approximate surface area is 93.6 Å². The van der Waals surface area contributed by atoms with E-state index in [1.807, 2.05) is 0 Å². The quantitative estimate of drug-likeness (QED) is 0.762. The zero-order valence-electron chi connectivity index (χ0n) is 10.1. The normalized spacial score (nSPS) is 47.0. The third-order valence-electron chi connectivity index (χ3n) is 3.95. The molecule has 15 heavy (non-hydrogen) atoms. The molecule has 0 aliphatic heterocycles. The van der Waals surface area contributed by atoms with Gasteiger partial charge < -0.3 is 10.5 Å². The van der Waals surface area contributed by atoms with Crippen LogP contribution in [-0.2, 0) is 4.74 Å². The van der Waals surface area contributed by atoms with Crippen LogP contribution in [0.5, 0.6) is 0 Å². The topological polar surface area (TPSA) is 35.2 Å². The van der Waals surface area contributed by atoms with E-state index in [9.17, 15) is 0 Å². The van der Waals surface area contributed by atoms with E-state index in [-0.39, 0.29) is 0 Å². The van der Waals surface area contributed by atoms with Gasteiger partial charge in [0.25, 0.3) is 0 Å². The summed E-state index contributed by atoms with van der Waals surface area (Å²) in [6, 6.07) is 0.397. The van der Waals surface area contributed by atoms with Crippen molar-refractivity contribution in [2.45, 2.75) is 70.6 Å². The van der Waals surface area contributed by atoms with Crippen molar-refractivity contribution in [1.82, 2.24) is 0 Å². The Kier molecular flexibility index (Phi) is 3.68. The molecule has 2 heteroatoms. The van der Waals surface area contributed by atoms with Crippen LogP contribution in [0.15, 0.2) is 0 Å². The molecule has 2 fully saturated rings. The molecule has 2 aliphatic rings. The molecule has 2 rings (SSSR count). The lowest BCUT2D eigenvalue weighted by Gasteiger charge is -2.33. The van der Waals surface area contributed by atoms with E-state index in [4.69, 9.17) is 10.5 Å². The Balaban J connectivity index is 1.78. The second kappa shape index (κ2) is 4.84. The van der Waals surface area contributed by atoms with Gasteiger partial charge in [-0.25, -0.2) is 0 Å². The van der Waals surface area contributed by atoms with E-state index in [2.05, 4.69) is 13.8 Å². The van der Waals surface area contributed by atoms with E-state index < -0.39 is 0 Å². The maximum absolute atomic E-state index is 6.18. The highest BCUT2D eigenvalue weighted by Gasteiger charge is 2.29. The van der Waals surface area contributed by atoms with Gasteiger partial charge in [0.15, 0.2) is 0 Å². The van der Waals surface area contributed by atoms with Crippen LogP contribution < -0.4 is 5.73 Å². The molecule has 88 valence electrons. The van der Waals surface area contributed by atoms with Gasteiger partial charge in [-0.15, -0.1) is 0 Å². The van der Waals surface area contributed by atoms with Gasteiger partial charge in [0.05, 0.1) is 12.2 Å². The predicted octanol–water partition coefficient (Wildman–Crippen LogP) is 2.71. The average Bonchev–Trinajstić information content (AvgIpc) is 2.49. The molecular weight excluding hydrogens is 186 g/mol. The van der Waals surface area contributed by atoms with Gasteiger partial charge in [-0.3, -0.25) is 0 Å². The zero-order valence-corrected chi connectivity index (χ0v) is 10.1. The van der Waals surface area contributed by atoms with E-state index in [1.54, 1.807) is 0 Å². The summed E-state index contributed by atoms with van der Waals surface area (Å²) in [5.41, 5.74) is 5.90. The summed E-state index contributed by atoms with van der Waals surface area (Å²) in [7, 11) is 0. The average molecular weight is 211 g/mol. The molecule has 0 radical (unpaired) electrons. The summed E-state index contributed by atoms with van der Waals surface area (Å²) in [5.74, 6) is 1.68. The molecule has 0 aromatic rings. The molecule has 0 spiro atoms. The maximum Gasteiger partial charge on any atom is 0.0594 e. The molecule has 0 heterocycles. The fourth-order valence-corrected chi connectivity index (χ4v) is 3.35. The van der Waals surface area contributed by atoms with Crippen LogP contribution in [0.3, 0.4) is 0 Å². The predicted molar refractivity (Wildman–Crippen MR) is 62.7 cm³/mol. The molecule has 0 saturated heterocycles. The maximum atomic E-state index is 6.18. The molecule has 0 aromatic carbocycles. The Morgan fingerprint density at radius 1 is 0.867 bits per heavy atom. The summed E-state index contributed by atoms with van der Waals surface area (Å²) in [6.07, 6.45) is 8.29. The first-order chi connectivity index (χ1) is 7.13. The third-order valence-corrected chi connectivity index (χ3v) is 3.95. The highest BCUT2D eigenvalue weighted by atomic mass is 16.5. The second-order valence-corrected chi connectivity index (χ2v) is 5.87. The molecule has 0 bridgehead atoms. The van der Waals surface area contributed by atoms with Crippen LogP contribution in [0.25, 0.3) is 0 Å². The van der Waals surface area contributed by atoms with Gasteiger partial charge in [0, 0.05) is 6.04 Å². The molecule has 0 amide bonds. The summed E-state index contributed by atoms with van der Waals surface area (Å²) in [4.78, 5) is 0. The van der Waals surface area contributed by atoms with Gasteiger partial charge in [0.2, 0.25) is 0 Å². The summed E-state index contributed by atoms with van der Waals surface area (Å²) < 4.78 is 6.18. The van der Waals surface area contributed by atoms with E-state index in [0.29, 0.717) is 18.2 Å². The summed E-state index contributed by atoms with van der Waals surface area (Å²) in [5, 5.41) is 0. The third kappa shape index (κ3) is 3.18. The van der Waals surface area contributed by atoms with Crippen LogP contribution in [0.4, 0.5) is 0 Å². The van der Waals surface area contributed by atoms with Crippen LogP contribution in [0.1, 0.15) is 52.4 Å². The smallest absolute Gasteiger partial charge is 0.0594 e. The number of nitrogens with two attached hydrogens (primary N) is 1. The van der Waals surface area contributed by atoms with Crippen molar-refractivity contribution in [3.05, 3.63) is 0 Å². The molecular formula is C13H25NO. The lowest BCUT2D eigenvalue weighted by atomic mass is 9.81. The first-order valence-electron chi connectivity index (χ1n) is 6.54. The van der Waals surface area contributed by atoms with Crippen molar-refractivity contribution >= 4 is 0 Å². The van der Waals surface area contributed by atoms with Gasteiger partial charge in [-0.1, -0.05) is 13.8 Å². The zero-order chi connectivity index (χ0) is 10.8. The van der Waals surface area contributed by atoms with Crippen LogP contribution in [0, 0.1) is 11.8 Å². The minimum absolute atomic E-state index is 0.397. The lowest BCUT2D eigenvalue weighted by molar-refractivity contribution is -0.0458. The number of ether oxygens (including phenoxy) is 1. The van der Waals surface area contributed by atoms with Gasteiger partial charge >= 0.3 is 0 Å². The van der Waals surface area contributed by atoms with Crippen LogP contribution >= 0.6 is 0 Å². The Morgan fingerprint density at radius 3 is 2.07 bits per heavy atom. The van der Waals surface area contributed by atoms with Crippen molar-refractivity contribution in [3.8, 4) is 0 Å². The van der Waals surface area contributed by atoms with Crippen molar-refractivity contribution in [3.63, 3.8) is 0 Å².